The lowest BCUT2D eigenvalue weighted by atomic mass is 9.43. The molecule has 3 heteroatoms. The second-order valence-corrected chi connectivity index (χ2v) is 23.3. The molecule has 2 nitrogen and oxygen atoms in total. The van der Waals surface area contributed by atoms with Crippen molar-refractivity contribution in [2.75, 3.05) is 0 Å². The number of fused-ring (bicyclic) bond motifs is 4. The fourth-order valence-electron chi connectivity index (χ4n) is 10.8. The number of rotatable bonds is 6. The maximum Gasteiger partial charge on any atom is 0.192 e. The highest BCUT2D eigenvalue weighted by atomic mass is 28.4. The highest BCUT2D eigenvalue weighted by Gasteiger charge is 2.64. The van der Waals surface area contributed by atoms with E-state index in [1.165, 1.54) is 64.2 Å². The molecule has 1 saturated heterocycles. The smallest absolute Gasteiger partial charge is 0.192 e. The van der Waals surface area contributed by atoms with Crippen LogP contribution in [0.5, 0.6) is 0 Å². The summed E-state index contributed by atoms with van der Waals surface area (Å²) in [5.74, 6) is 2.46. The van der Waals surface area contributed by atoms with Crippen molar-refractivity contribution in [1.82, 2.24) is 5.32 Å². The Morgan fingerprint density at radius 1 is 0.897 bits per heavy atom. The fraction of sp³-hybridized carbons (Fsp3) is 0.944. The van der Waals surface area contributed by atoms with Crippen molar-refractivity contribution >= 4 is 8.32 Å². The van der Waals surface area contributed by atoms with Crippen LogP contribution < -0.4 is 5.32 Å². The van der Waals surface area contributed by atoms with Crippen LogP contribution >= 0.6 is 0 Å². The van der Waals surface area contributed by atoms with Crippen LogP contribution in [-0.4, -0.2) is 26.0 Å². The van der Waals surface area contributed by atoms with E-state index < -0.39 is 8.32 Å². The van der Waals surface area contributed by atoms with Crippen molar-refractivity contribution in [2.24, 2.45) is 39.4 Å². The van der Waals surface area contributed by atoms with E-state index in [2.05, 4.69) is 94.6 Å². The average molecular weight is 556 g/mol. The maximum atomic E-state index is 7.21. The molecule has 0 aromatic carbocycles. The first kappa shape index (κ1) is 30.3. The molecular weight excluding hydrogens is 490 g/mol. The number of nitrogens with one attached hydrogen (secondary N) is 1. The molecule has 0 aromatic heterocycles. The molecule has 1 aliphatic heterocycles. The summed E-state index contributed by atoms with van der Waals surface area (Å²) in [6.07, 6.45) is 14.1. The molecule has 5 rings (SSSR count). The summed E-state index contributed by atoms with van der Waals surface area (Å²) < 4.78 is 7.21. The van der Waals surface area contributed by atoms with Gasteiger partial charge in [-0.15, -0.1) is 0 Å². The molecule has 4 aliphatic carbocycles. The van der Waals surface area contributed by atoms with Gasteiger partial charge in [0.25, 0.3) is 0 Å². The molecule has 2 saturated carbocycles. The minimum atomic E-state index is -1.79. The topological polar surface area (TPSA) is 31.2 Å². The van der Waals surface area contributed by atoms with Gasteiger partial charge in [0.1, 0.15) is 0 Å². The Labute approximate surface area is 244 Å². The maximum absolute atomic E-state index is 7.21. The third kappa shape index (κ3) is 4.52. The SMILES string of the molecule is C[C@H](CCC1NC1(C)C)[C@H]1CC[C@@]2(C)C3=C(CC[C@]12C)[C@@]1(C)CC[C@H](O[Si](C)(C)C(C)(C)C)C(C)(C)[C@@H]1CC3. The summed E-state index contributed by atoms with van der Waals surface area (Å²) in [6, 6.07) is 0.746. The largest absolute Gasteiger partial charge is 0.413 e. The van der Waals surface area contributed by atoms with Gasteiger partial charge in [-0.3, -0.25) is 0 Å². The minimum Gasteiger partial charge on any atom is -0.413 e. The lowest BCUT2D eigenvalue weighted by Gasteiger charge is -2.63. The molecule has 0 aromatic rings. The zero-order chi connectivity index (χ0) is 29.0. The standard InChI is InChI=1S/C36H65NOSi/c1-24(14-17-29-33(7,8)37-29)25-18-22-36(11)27-15-16-28-32(5,6)30(38-39(12,13)31(2,3)4)20-21-34(28,9)26(27)19-23-35(25,36)10/h24-25,28-30,37H,14-23H2,1-13H3/t24-,25-,28+,29?,30+,34-,35-,36+/m1/s1. The van der Waals surface area contributed by atoms with Gasteiger partial charge in [-0.05, 0) is 136 Å². The van der Waals surface area contributed by atoms with Crippen molar-refractivity contribution in [3.63, 3.8) is 0 Å². The van der Waals surface area contributed by atoms with E-state index in [1.807, 2.05) is 11.1 Å². The predicted molar refractivity (Wildman–Crippen MR) is 171 cm³/mol. The van der Waals surface area contributed by atoms with Gasteiger partial charge >= 0.3 is 0 Å². The zero-order valence-corrected chi connectivity index (χ0v) is 29.4. The molecule has 0 radical (unpaired) electrons. The number of allylic oxidation sites excluding steroid dienone is 2. The van der Waals surface area contributed by atoms with Gasteiger partial charge in [-0.1, -0.05) is 73.5 Å². The Bertz CT molecular complexity index is 1000. The van der Waals surface area contributed by atoms with Crippen LogP contribution in [0.2, 0.25) is 18.1 Å². The summed E-state index contributed by atoms with van der Waals surface area (Å²) in [5.41, 5.74) is 5.72. The van der Waals surface area contributed by atoms with Crippen molar-refractivity contribution in [3.8, 4) is 0 Å². The summed E-state index contributed by atoms with van der Waals surface area (Å²) in [7, 11) is -1.79. The molecule has 224 valence electrons. The lowest BCUT2D eigenvalue weighted by Crippen LogP contribution is -2.58. The van der Waals surface area contributed by atoms with E-state index >= 15 is 0 Å². The van der Waals surface area contributed by atoms with E-state index in [0.717, 1.165) is 23.8 Å². The Kier molecular flexibility index (Phi) is 7.15. The van der Waals surface area contributed by atoms with Gasteiger partial charge in [0.05, 0.1) is 6.10 Å². The summed E-state index contributed by atoms with van der Waals surface area (Å²) in [5, 5.41) is 3.98. The molecule has 0 amide bonds. The normalized spacial score (nSPS) is 43.9. The average Bonchev–Trinajstić information content (AvgIpc) is 3.31. The van der Waals surface area contributed by atoms with Gasteiger partial charge in [-0.25, -0.2) is 0 Å². The van der Waals surface area contributed by atoms with E-state index in [9.17, 15) is 0 Å². The van der Waals surface area contributed by atoms with Gasteiger partial charge in [0.15, 0.2) is 8.32 Å². The molecule has 1 N–H and O–H groups in total. The highest BCUT2D eigenvalue weighted by Crippen LogP contribution is 2.72. The fourth-order valence-corrected chi connectivity index (χ4v) is 12.3. The van der Waals surface area contributed by atoms with Crippen molar-refractivity contribution in [2.45, 2.75) is 176 Å². The van der Waals surface area contributed by atoms with E-state index in [0.29, 0.717) is 27.9 Å². The van der Waals surface area contributed by atoms with Gasteiger partial charge < -0.3 is 9.74 Å². The first-order valence-corrected chi connectivity index (χ1v) is 19.8. The number of hydrogen-bond donors (Lipinski definition) is 1. The predicted octanol–water partition coefficient (Wildman–Crippen LogP) is 10.3. The van der Waals surface area contributed by atoms with E-state index in [4.69, 9.17) is 4.43 Å². The molecular formula is C36H65NOSi. The molecule has 39 heavy (non-hydrogen) atoms. The second kappa shape index (κ2) is 9.19. The van der Waals surface area contributed by atoms with Gasteiger partial charge in [0, 0.05) is 11.6 Å². The third-order valence-corrected chi connectivity index (χ3v) is 19.4. The molecule has 0 bridgehead atoms. The molecule has 1 unspecified atom stereocenters. The van der Waals surface area contributed by atoms with Crippen LogP contribution in [-0.2, 0) is 4.43 Å². The van der Waals surface area contributed by atoms with Crippen molar-refractivity contribution in [1.29, 1.82) is 0 Å². The third-order valence-electron chi connectivity index (χ3n) is 14.9. The Morgan fingerprint density at radius 3 is 2.13 bits per heavy atom. The molecule has 5 aliphatic rings. The van der Waals surface area contributed by atoms with Crippen LogP contribution in [0.25, 0.3) is 0 Å². The monoisotopic (exact) mass is 555 g/mol. The van der Waals surface area contributed by atoms with Gasteiger partial charge in [-0.2, -0.15) is 0 Å². The molecule has 0 spiro atoms. The van der Waals surface area contributed by atoms with E-state index in [1.54, 1.807) is 0 Å². The summed E-state index contributed by atoms with van der Waals surface area (Å²) >= 11 is 0. The first-order valence-electron chi connectivity index (χ1n) is 16.9. The lowest BCUT2D eigenvalue weighted by molar-refractivity contribution is -0.0901. The summed E-state index contributed by atoms with van der Waals surface area (Å²) in [4.78, 5) is 0. The minimum absolute atomic E-state index is 0.236. The first-order chi connectivity index (χ1) is 17.7. The van der Waals surface area contributed by atoms with Crippen molar-refractivity contribution in [3.05, 3.63) is 11.1 Å². The number of hydrogen-bond acceptors (Lipinski definition) is 2. The van der Waals surface area contributed by atoms with E-state index in [-0.39, 0.29) is 10.5 Å². The van der Waals surface area contributed by atoms with Gasteiger partial charge in [0.2, 0.25) is 0 Å². The van der Waals surface area contributed by atoms with Crippen LogP contribution in [0.3, 0.4) is 0 Å². The molecule has 8 atom stereocenters. The van der Waals surface area contributed by atoms with Crippen LogP contribution in [0, 0.1) is 39.4 Å². The summed E-state index contributed by atoms with van der Waals surface area (Å²) in [6.45, 7) is 32.8. The Hall–Kier alpha value is -0.123. The van der Waals surface area contributed by atoms with Crippen molar-refractivity contribution < 1.29 is 4.43 Å². The Balaban J connectivity index is 1.38. The second-order valence-electron chi connectivity index (χ2n) is 18.6. The van der Waals surface area contributed by atoms with Crippen LogP contribution in [0.4, 0.5) is 0 Å². The Morgan fingerprint density at radius 2 is 1.54 bits per heavy atom. The van der Waals surface area contributed by atoms with Crippen LogP contribution in [0.15, 0.2) is 11.1 Å². The molecule has 3 fully saturated rings. The zero-order valence-electron chi connectivity index (χ0n) is 28.4. The highest BCUT2D eigenvalue weighted by molar-refractivity contribution is 6.74. The molecule has 1 heterocycles. The van der Waals surface area contributed by atoms with Crippen LogP contribution in [0.1, 0.15) is 140 Å². The quantitative estimate of drug-likeness (QED) is 0.201.